The number of unbranched alkanes of at least 4 members (excludes halogenated alkanes) is 29. The number of hydrogen-bond donors (Lipinski definition) is 3. The summed E-state index contributed by atoms with van der Waals surface area (Å²) in [6.45, 7) is 2.82. The Morgan fingerprint density at radius 1 is 0.484 bits per heavy atom. The Balaban J connectivity index is 4.24. The second-order valence-electron chi connectivity index (χ2n) is 17.7. The number of carbonyl (C=O) groups excluding carboxylic acids is 2. The molecule has 11 nitrogen and oxygen atoms in total. The lowest BCUT2D eigenvalue weighted by atomic mass is 10.1. The smallest absolute Gasteiger partial charge is 0.472 e. The number of ether oxygens (including phenoxy) is 2. The third-order valence-corrected chi connectivity index (χ3v) is 12.3. The van der Waals surface area contributed by atoms with Crippen LogP contribution in [-0.2, 0) is 37.5 Å². The SMILES string of the molecule is CCCCCCC/C=C\C/C=C\CCCCCCCCCCCC(=O)OC(COC(=O)CCCCCCCCCCC/C=C\CCCCCCCC)COP(=O)(O)OCC(N)C(=O)O. The highest BCUT2D eigenvalue weighted by atomic mass is 31.2. The van der Waals surface area contributed by atoms with Crippen molar-refractivity contribution < 1.29 is 47.5 Å². The maximum atomic E-state index is 12.7. The van der Waals surface area contributed by atoms with Crippen LogP contribution in [0.25, 0.3) is 0 Å². The van der Waals surface area contributed by atoms with Crippen LogP contribution in [0.4, 0.5) is 0 Å². The van der Waals surface area contributed by atoms with Crippen LogP contribution in [0.5, 0.6) is 0 Å². The fourth-order valence-electron chi connectivity index (χ4n) is 7.27. The number of carbonyl (C=O) groups is 3. The van der Waals surface area contributed by atoms with E-state index in [4.69, 9.17) is 24.8 Å². The van der Waals surface area contributed by atoms with Gasteiger partial charge in [0.15, 0.2) is 6.10 Å². The molecular weight excluding hydrogens is 830 g/mol. The summed E-state index contributed by atoms with van der Waals surface area (Å²) in [6, 6.07) is -1.52. The fourth-order valence-corrected chi connectivity index (χ4v) is 8.05. The molecular formula is C52H96NO10P. The quantitative estimate of drug-likeness (QED) is 0.0229. The molecule has 0 saturated carbocycles. The van der Waals surface area contributed by atoms with E-state index < -0.39 is 51.1 Å². The van der Waals surface area contributed by atoms with Gasteiger partial charge >= 0.3 is 25.7 Å². The highest BCUT2D eigenvalue weighted by molar-refractivity contribution is 7.47. The predicted octanol–water partition coefficient (Wildman–Crippen LogP) is 14.7. The summed E-state index contributed by atoms with van der Waals surface area (Å²) < 4.78 is 32.9. The molecule has 0 aliphatic heterocycles. The number of phosphoric acid groups is 1. The van der Waals surface area contributed by atoms with Crippen molar-refractivity contribution in [1.82, 2.24) is 0 Å². The van der Waals surface area contributed by atoms with Crippen LogP contribution in [0, 0.1) is 0 Å². The van der Waals surface area contributed by atoms with E-state index in [2.05, 4.69) is 54.8 Å². The summed E-state index contributed by atoms with van der Waals surface area (Å²) in [5.41, 5.74) is 5.35. The predicted molar refractivity (Wildman–Crippen MR) is 263 cm³/mol. The summed E-state index contributed by atoms with van der Waals surface area (Å²) >= 11 is 0. The summed E-state index contributed by atoms with van der Waals surface area (Å²) in [6.07, 6.45) is 53.4. The van der Waals surface area contributed by atoms with Crippen LogP contribution in [0.2, 0.25) is 0 Å². The number of carboxylic acids is 1. The minimum atomic E-state index is -4.72. The highest BCUT2D eigenvalue weighted by Crippen LogP contribution is 2.43. The van der Waals surface area contributed by atoms with E-state index in [1.165, 1.54) is 154 Å². The van der Waals surface area contributed by atoms with E-state index in [-0.39, 0.29) is 19.4 Å². The first-order chi connectivity index (χ1) is 31.1. The molecule has 4 N–H and O–H groups in total. The van der Waals surface area contributed by atoms with Crippen LogP contribution in [-0.4, -0.2) is 59.9 Å². The van der Waals surface area contributed by atoms with Crippen LogP contribution in [0.1, 0.15) is 245 Å². The minimum Gasteiger partial charge on any atom is -0.480 e. The van der Waals surface area contributed by atoms with Crippen molar-refractivity contribution in [1.29, 1.82) is 0 Å². The number of hydrogen-bond acceptors (Lipinski definition) is 9. The van der Waals surface area contributed by atoms with Crippen molar-refractivity contribution in [3.05, 3.63) is 36.5 Å². The second-order valence-corrected chi connectivity index (χ2v) is 19.1. The lowest BCUT2D eigenvalue weighted by molar-refractivity contribution is -0.161. The molecule has 0 spiro atoms. The molecule has 0 saturated heterocycles. The van der Waals surface area contributed by atoms with Gasteiger partial charge in [-0.1, -0.05) is 198 Å². The van der Waals surface area contributed by atoms with Gasteiger partial charge in [-0.3, -0.25) is 23.4 Å². The Hall–Kier alpha value is -2.30. The van der Waals surface area contributed by atoms with Crippen molar-refractivity contribution in [2.45, 2.75) is 257 Å². The van der Waals surface area contributed by atoms with Crippen molar-refractivity contribution >= 4 is 25.7 Å². The molecule has 0 rings (SSSR count). The van der Waals surface area contributed by atoms with E-state index >= 15 is 0 Å². The zero-order valence-corrected chi connectivity index (χ0v) is 41.8. The Morgan fingerprint density at radius 3 is 1.23 bits per heavy atom. The molecule has 0 bridgehead atoms. The monoisotopic (exact) mass is 926 g/mol. The van der Waals surface area contributed by atoms with Gasteiger partial charge < -0.3 is 25.2 Å². The third kappa shape index (κ3) is 46.2. The van der Waals surface area contributed by atoms with Gasteiger partial charge in [-0.25, -0.2) is 4.57 Å². The standard InChI is InChI=1S/C52H96NO10P/c1-3-5-7-9-11-13-15-17-19-21-23-24-26-28-30-32-34-36-38-40-42-44-51(55)63-48(46-61-64(58,59)62-47-49(53)52(56)57)45-60-50(54)43-41-39-37-35-33-31-29-27-25-22-20-18-16-14-12-10-8-6-4-2/h15,17-18,20-21,23,48-49H,3-14,16,19,22,24-47,53H2,1-2H3,(H,56,57)(H,58,59)/b17-15-,20-18-,23-21-. The highest BCUT2D eigenvalue weighted by Gasteiger charge is 2.28. The third-order valence-electron chi connectivity index (χ3n) is 11.4. The number of phosphoric ester groups is 1. The molecule has 0 aromatic carbocycles. The zero-order chi connectivity index (χ0) is 47.0. The number of carboxylic acid groups (broad SMARTS) is 1. The lowest BCUT2D eigenvalue weighted by Crippen LogP contribution is -2.34. The van der Waals surface area contributed by atoms with Crippen molar-refractivity contribution in [2.24, 2.45) is 5.73 Å². The molecule has 3 unspecified atom stereocenters. The Kier molecular flexibility index (Phi) is 45.5. The first kappa shape index (κ1) is 61.7. The number of aliphatic carboxylic acids is 1. The van der Waals surface area contributed by atoms with Gasteiger partial charge in [0, 0.05) is 12.8 Å². The first-order valence-corrected chi connectivity index (χ1v) is 27.5. The maximum Gasteiger partial charge on any atom is 0.472 e. The number of nitrogens with two attached hydrogens (primary N) is 1. The molecule has 0 aliphatic rings. The minimum absolute atomic E-state index is 0.157. The molecule has 0 aromatic heterocycles. The van der Waals surface area contributed by atoms with Crippen LogP contribution in [0.3, 0.4) is 0 Å². The molecule has 0 radical (unpaired) electrons. The van der Waals surface area contributed by atoms with Gasteiger partial charge in [0.1, 0.15) is 12.6 Å². The topological polar surface area (TPSA) is 172 Å². The summed E-state index contributed by atoms with van der Waals surface area (Å²) in [5.74, 6) is -2.38. The Labute approximate surface area is 391 Å². The van der Waals surface area contributed by atoms with E-state index in [0.29, 0.717) is 12.8 Å². The van der Waals surface area contributed by atoms with Gasteiger partial charge in [-0.2, -0.15) is 0 Å². The van der Waals surface area contributed by atoms with Crippen LogP contribution < -0.4 is 5.73 Å². The summed E-state index contributed by atoms with van der Waals surface area (Å²) in [5, 5.41) is 8.92. The maximum absolute atomic E-state index is 12.7. The Morgan fingerprint density at radius 2 is 0.828 bits per heavy atom. The Bertz CT molecular complexity index is 1220. The van der Waals surface area contributed by atoms with Crippen LogP contribution in [0.15, 0.2) is 36.5 Å². The number of rotatable bonds is 49. The van der Waals surface area contributed by atoms with Gasteiger partial charge in [0.2, 0.25) is 0 Å². The van der Waals surface area contributed by atoms with Crippen molar-refractivity contribution in [3.8, 4) is 0 Å². The zero-order valence-electron chi connectivity index (χ0n) is 40.9. The fraction of sp³-hybridized carbons (Fsp3) is 0.827. The summed E-state index contributed by atoms with van der Waals surface area (Å²) in [7, 11) is -4.72. The average Bonchev–Trinajstić information content (AvgIpc) is 3.27. The van der Waals surface area contributed by atoms with Gasteiger partial charge in [0.05, 0.1) is 13.2 Å². The number of esters is 2. The van der Waals surface area contributed by atoms with E-state index in [9.17, 15) is 23.8 Å². The van der Waals surface area contributed by atoms with E-state index in [1.54, 1.807) is 0 Å². The summed E-state index contributed by atoms with van der Waals surface area (Å²) in [4.78, 5) is 46.2. The number of allylic oxidation sites excluding steroid dienone is 6. The molecule has 0 heterocycles. The first-order valence-electron chi connectivity index (χ1n) is 26.0. The van der Waals surface area contributed by atoms with Crippen molar-refractivity contribution in [2.75, 3.05) is 19.8 Å². The normalized spacial score (nSPS) is 13.8. The molecule has 3 atom stereocenters. The van der Waals surface area contributed by atoms with Crippen LogP contribution >= 0.6 is 7.82 Å². The molecule has 0 aromatic rings. The molecule has 12 heteroatoms. The lowest BCUT2D eigenvalue weighted by Gasteiger charge is -2.20. The van der Waals surface area contributed by atoms with Gasteiger partial charge in [-0.15, -0.1) is 0 Å². The van der Waals surface area contributed by atoms with Crippen molar-refractivity contribution in [3.63, 3.8) is 0 Å². The largest absolute Gasteiger partial charge is 0.480 e. The molecule has 0 aliphatic carbocycles. The van der Waals surface area contributed by atoms with Gasteiger partial charge in [0.25, 0.3) is 0 Å². The average molecular weight is 926 g/mol. The molecule has 374 valence electrons. The van der Waals surface area contributed by atoms with E-state index in [0.717, 1.165) is 51.4 Å². The van der Waals surface area contributed by atoms with Gasteiger partial charge in [-0.05, 0) is 70.6 Å². The van der Waals surface area contributed by atoms with E-state index in [1.807, 2.05) is 0 Å². The molecule has 0 amide bonds. The second kappa shape index (κ2) is 47.2. The molecule has 0 fully saturated rings. The molecule has 64 heavy (non-hydrogen) atoms.